The Labute approximate surface area is 181 Å². The van der Waals surface area contributed by atoms with Gasteiger partial charge in [-0.25, -0.2) is 0 Å². The van der Waals surface area contributed by atoms with Crippen molar-refractivity contribution in [3.8, 4) is 22.5 Å². The third-order valence-electron chi connectivity index (χ3n) is 5.68. The summed E-state index contributed by atoms with van der Waals surface area (Å²) in [6.45, 7) is 2.00. The molecule has 1 N–H and O–H groups in total. The second-order valence-corrected chi connectivity index (χ2v) is 7.93. The lowest BCUT2D eigenvalue weighted by Crippen LogP contribution is -2.17. The van der Waals surface area contributed by atoms with E-state index in [0.29, 0.717) is 13.1 Å². The molecule has 156 valence electrons. The van der Waals surface area contributed by atoms with Crippen LogP contribution in [0.25, 0.3) is 22.5 Å². The molecule has 1 aliphatic heterocycles. The van der Waals surface area contributed by atoms with Crippen molar-refractivity contribution < 1.29 is 9.21 Å². The summed E-state index contributed by atoms with van der Waals surface area (Å²) in [5.41, 5.74) is 6.18. The molecule has 0 radical (unpaired) electrons. The Bertz CT molecular complexity index is 1250. The number of carbonyl (C=O) groups is 1. The lowest BCUT2D eigenvalue weighted by molar-refractivity contribution is 0.0816. The minimum Gasteiger partial charge on any atom is -0.460 e. The van der Waals surface area contributed by atoms with Crippen molar-refractivity contribution in [2.45, 2.75) is 19.6 Å². The molecule has 0 bridgehead atoms. The average molecular weight is 412 g/mol. The Kier molecular flexibility index (Phi) is 4.92. The van der Waals surface area contributed by atoms with Crippen molar-refractivity contribution in [3.63, 3.8) is 0 Å². The van der Waals surface area contributed by atoms with Gasteiger partial charge in [-0.15, -0.1) is 0 Å². The summed E-state index contributed by atoms with van der Waals surface area (Å²) in [5.74, 6) is 1.78. The molecule has 0 fully saturated rings. The van der Waals surface area contributed by atoms with E-state index < -0.39 is 0 Å². The van der Waals surface area contributed by atoms with Crippen LogP contribution in [0.3, 0.4) is 0 Å². The van der Waals surface area contributed by atoms with E-state index in [4.69, 9.17) is 4.42 Å². The summed E-state index contributed by atoms with van der Waals surface area (Å²) in [6.07, 6.45) is 3.86. The molecule has 1 amide bonds. The molecule has 0 saturated carbocycles. The summed E-state index contributed by atoms with van der Waals surface area (Å²) in [5, 5.41) is 7.58. The summed E-state index contributed by atoms with van der Waals surface area (Å²) >= 11 is 0. The molecule has 0 unspecified atom stereocenters. The molecule has 4 aromatic rings. The first-order chi connectivity index (χ1) is 15.1. The Hall–Kier alpha value is -3.64. The molecule has 31 heavy (non-hydrogen) atoms. The number of furan rings is 1. The molecule has 3 heterocycles. The van der Waals surface area contributed by atoms with E-state index >= 15 is 0 Å². The summed E-state index contributed by atoms with van der Waals surface area (Å²) in [7, 11) is 3.76. The predicted octanol–water partition coefficient (Wildman–Crippen LogP) is 4.22. The van der Waals surface area contributed by atoms with E-state index in [-0.39, 0.29) is 5.91 Å². The van der Waals surface area contributed by atoms with E-state index in [0.717, 1.165) is 51.4 Å². The van der Waals surface area contributed by atoms with Gasteiger partial charge in [-0.2, -0.15) is 5.10 Å². The lowest BCUT2D eigenvalue weighted by Gasteiger charge is -2.12. The second-order valence-electron chi connectivity index (χ2n) is 7.93. The molecule has 2 aromatic heterocycles. The number of nitrogens with zero attached hydrogens (tertiary/aromatic N) is 3. The van der Waals surface area contributed by atoms with E-state index in [1.54, 1.807) is 9.58 Å². The summed E-state index contributed by atoms with van der Waals surface area (Å²) in [6, 6.07) is 18.2. The maximum Gasteiger partial charge on any atom is 0.254 e. The number of hydrogen-bond acceptors (Lipinski definition) is 4. The van der Waals surface area contributed by atoms with Gasteiger partial charge in [0.2, 0.25) is 0 Å². The Morgan fingerprint density at radius 3 is 2.52 bits per heavy atom. The zero-order valence-electron chi connectivity index (χ0n) is 17.6. The molecule has 0 saturated heterocycles. The number of rotatable bonds is 6. The number of benzene rings is 2. The normalized spacial score (nSPS) is 13.1. The lowest BCUT2D eigenvalue weighted by atomic mass is 9.92. The zero-order valence-corrected chi connectivity index (χ0v) is 17.6. The fourth-order valence-electron chi connectivity index (χ4n) is 4.17. The van der Waals surface area contributed by atoms with Crippen LogP contribution in [-0.4, -0.2) is 27.6 Å². The minimum atomic E-state index is 0.0781. The number of nitrogens with one attached hydrogen (secondary N) is 1. The van der Waals surface area contributed by atoms with E-state index in [9.17, 15) is 4.79 Å². The van der Waals surface area contributed by atoms with Crippen LogP contribution in [0, 0.1) is 0 Å². The third-order valence-corrected chi connectivity index (χ3v) is 5.68. The summed E-state index contributed by atoms with van der Waals surface area (Å²) < 4.78 is 7.97. The van der Waals surface area contributed by atoms with Crippen LogP contribution < -0.4 is 5.32 Å². The zero-order chi connectivity index (χ0) is 21.4. The number of hydrogen-bond donors (Lipinski definition) is 1. The Balaban J connectivity index is 1.41. The number of fused-ring (bicyclic) bond motifs is 1. The van der Waals surface area contributed by atoms with Gasteiger partial charge in [-0.3, -0.25) is 9.48 Å². The van der Waals surface area contributed by atoms with Crippen molar-refractivity contribution in [1.82, 2.24) is 20.0 Å². The van der Waals surface area contributed by atoms with Gasteiger partial charge in [0.1, 0.15) is 11.5 Å². The second kappa shape index (κ2) is 7.89. The van der Waals surface area contributed by atoms with Gasteiger partial charge in [-0.1, -0.05) is 36.4 Å². The molecular weight excluding hydrogens is 388 g/mol. The van der Waals surface area contributed by atoms with Gasteiger partial charge in [0.25, 0.3) is 5.91 Å². The first-order valence-electron chi connectivity index (χ1n) is 10.3. The molecule has 0 atom stereocenters. The molecular formula is C25H24N4O2. The maximum absolute atomic E-state index is 12.4. The third kappa shape index (κ3) is 3.66. The average Bonchev–Trinajstić information content (AvgIpc) is 3.49. The van der Waals surface area contributed by atoms with Crippen LogP contribution >= 0.6 is 0 Å². The fraction of sp³-hybridized carbons (Fsp3) is 0.200. The molecule has 0 spiro atoms. The quantitative estimate of drug-likeness (QED) is 0.515. The van der Waals surface area contributed by atoms with E-state index in [2.05, 4.69) is 28.6 Å². The topological polar surface area (TPSA) is 63.3 Å². The molecule has 6 heteroatoms. The molecule has 2 aromatic carbocycles. The van der Waals surface area contributed by atoms with E-state index in [1.165, 1.54) is 0 Å². The van der Waals surface area contributed by atoms with Crippen LogP contribution in [0.2, 0.25) is 0 Å². The number of aromatic nitrogens is 2. The number of carbonyl (C=O) groups excluding carboxylic acids is 1. The highest BCUT2D eigenvalue weighted by Gasteiger charge is 2.27. The fourth-order valence-corrected chi connectivity index (χ4v) is 4.17. The van der Waals surface area contributed by atoms with Gasteiger partial charge < -0.3 is 14.6 Å². The maximum atomic E-state index is 12.4. The monoisotopic (exact) mass is 412 g/mol. The minimum absolute atomic E-state index is 0.0781. The van der Waals surface area contributed by atoms with Gasteiger partial charge in [-0.05, 0) is 34.9 Å². The van der Waals surface area contributed by atoms with Crippen molar-refractivity contribution in [2.75, 3.05) is 7.05 Å². The standard InChI is InChI=1S/C25H24N4O2/c1-28-16-23-20(8-5-9-22(23)25(28)30)19-6-3-4-7-21(19)24-11-10-18(31-24)14-26-12-17-13-27-29(2)15-17/h3-11,13,15,26H,12,14,16H2,1-2H3. The largest absolute Gasteiger partial charge is 0.460 e. The van der Waals surface area contributed by atoms with Crippen molar-refractivity contribution in [3.05, 3.63) is 89.4 Å². The van der Waals surface area contributed by atoms with Crippen LogP contribution in [0.15, 0.2) is 71.4 Å². The molecule has 1 aliphatic rings. The molecule has 5 rings (SSSR count). The Morgan fingerprint density at radius 2 is 1.71 bits per heavy atom. The predicted molar refractivity (Wildman–Crippen MR) is 119 cm³/mol. The highest BCUT2D eigenvalue weighted by Crippen LogP contribution is 2.38. The van der Waals surface area contributed by atoms with Gasteiger partial charge in [0.05, 0.1) is 12.7 Å². The van der Waals surface area contributed by atoms with Crippen molar-refractivity contribution in [2.24, 2.45) is 7.05 Å². The Morgan fingerprint density at radius 1 is 0.935 bits per heavy atom. The van der Waals surface area contributed by atoms with Crippen LogP contribution in [-0.2, 0) is 26.7 Å². The number of amides is 1. The first-order valence-corrected chi connectivity index (χ1v) is 10.3. The van der Waals surface area contributed by atoms with Crippen LogP contribution in [0.4, 0.5) is 0 Å². The smallest absolute Gasteiger partial charge is 0.254 e. The van der Waals surface area contributed by atoms with Crippen molar-refractivity contribution in [1.29, 1.82) is 0 Å². The van der Waals surface area contributed by atoms with Crippen LogP contribution in [0.5, 0.6) is 0 Å². The van der Waals surface area contributed by atoms with Gasteiger partial charge in [0.15, 0.2) is 0 Å². The highest BCUT2D eigenvalue weighted by atomic mass is 16.3. The molecule has 6 nitrogen and oxygen atoms in total. The number of aryl methyl sites for hydroxylation is 1. The SMILES string of the molecule is CN1Cc2c(cccc2-c2ccccc2-c2ccc(CNCc3cnn(C)c3)o2)C1=O. The van der Waals surface area contributed by atoms with E-state index in [1.807, 2.05) is 62.9 Å². The van der Waals surface area contributed by atoms with Crippen LogP contribution in [0.1, 0.15) is 27.2 Å². The van der Waals surface area contributed by atoms with Gasteiger partial charge in [0, 0.05) is 50.1 Å². The van der Waals surface area contributed by atoms with Crippen molar-refractivity contribution >= 4 is 5.91 Å². The summed E-state index contributed by atoms with van der Waals surface area (Å²) in [4.78, 5) is 14.2. The molecule has 0 aliphatic carbocycles. The van der Waals surface area contributed by atoms with Gasteiger partial charge >= 0.3 is 0 Å². The highest BCUT2D eigenvalue weighted by molar-refractivity contribution is 6.01. The first kappa shape index (κ1) is 19.3.